The van der Waals surface area contributed by atoms with Crippen molar-refractivity contribution in [1.82, 2.24) is 19.6 Å². The minimum atomic E-state index is 0.766. The summed E-state index contributed by atoms with van der Waals surface area (Å²) in [6, 6.07) is 2.26. The lowest BCUT2D eigenvalue weighted by Crippen LogP contribution is -2.47. The molecule has 1 fully saturated rings. The number of aryl methyl sites for hydroxylation is 2. The molecule has 5 heteroatoms. The molecule has 1 aromatic heterocycles. The number of aromatic nitrogens is 2. The maximum Gasteiger partial charge on any atom is 0.0625 e. The molecule has 0 radical (unpaired) electrons. The van der Waals surface area contributed by atoms with Crippen molar-refractivity contribution in [2.24, 2.45) is 5.73 Å². The zero-order valence-electron chi connectivity index (χ0n) is 12.3. The molecule has 2 N–H and O–H groups in total. The molecule has 0 bridgehead atoms. The topological polar surface area (TPSA) is 50.3 Å². The monoisotopic (exact) mass is 265 g/mol. The number of hydrogen-bond acceptors (Lipinski definition) is 4. The molecular weight excluding hydrogens is 238 g/mol. The van der Waals surface area contributed by atoms with Crippen LogP contribution < -0.4 is 5.73 Å². The van der Waals surface area contributed by atoms with E-state index in [9.17, 15) is 0 Å². The van der Waals surface area contributed by atoms with Gasteiger partial charge in [-0.25, -0.2) is 0 Å². The maximum atomic E-state index is 5.61. The van der Waals surface area contributed by atoms with Gasteiger partial charge in [0.25, 0.3) is 0 Å². The van der Waals surface area contributed by atoms with Crippen molar-refractivity contribution in [2.75, 3.05) is 39.3 Å². The van der Waals surface area contributed by atoms with Crippen LogP contribution in [0.1, 0.15) is 25.2 Å². The normalized spacial score (nSPS) is 18.1. The Bertz CT molecular complexity index is 379. The Hall–Kier alpha value is -0.910. The summed E-state index contributed by atoms with van der Waals surface area (Å²) in [4.78, 5) is 4.97. The number of rotatable bonds is 6. The highest BCUT2D eigenvalue weighted by Gasteiger charge is 2.17. The van der Waals surface area contributed by atoms with Crippen molar-refractivity contribution < 1.29 is 0 Å². The first kappa shape index (κ1) is 14.5. The minimum Gasteiger partial charge on any atom is -0.329 e. The second kappa shape index (κ2) is 7.03. The molecule has 2 rings (SSSR count). The fourth-order valence-electron chi connectivity index (χ4n) is 2.67. The van der Waals surface area contributed by atoms with E-state index in [1.807, 2.05) is 0 Å². The third-order valence-electron chi connectivity index (χ3n) is 3.87. The lowest BCUT2D eigenvalue weighted by Gasteiger charge is -2.34. The van der Waals surface area contributed by atoms with Crippen LogP contribution in [0.3, 0.4) is 0 Å². The molecule has 1 aliphatic heterocycles. The lowest BCUT2D eigenvalue weighted by atomic mass is 10.2. The van der Waals surface area contributed by atoms with Crippen LogP contribution in [0.5, 0.6) is 0 Å². The first-order valence-electron chi connectivity index (χ1n) is 7.47. The molecule has 0 aliphatic carbocycles. The van der Waals surface area contributed by atoms with Gasteiger partial charge in [-0.15, -0.1) is 0 Å². The molecule has 1 aliphatic rings. The molecule has 0 saturated carbocycles. The summed E-state index contributed by atoms with van der Waals surface area (Å²) in [5.41, 5.74) is 8.17. The summed E-state index contributed by atoms with van der Waals surface area (Å²) in [5.74, 6) is 0. The van der Waals surface area contributed by atoms with Gasteiger partial charge in [0.1, 0.15) is 0 Å². The summed E-state index contributed by atoms with van der Waals surface area (Å²) in [5, 5.41) is 4.62. The fraction of sp³-hybridized carbons (Fsp3) is 0.786. The first-order valence-corrected chi connectivity index (χ1v) is 7.47. The number of nitrogens with two attached hydrogens (primary N) is 1. The summed E-state index contributed by atoms with van der Waals surface area (Å²) in [7, 11) is 0. The third-order valence-corrected chi connectivity index (χ3v) is 3.87. The van der Waals surface area contributed by atoms with E-state index < -0.39 is 0 Å². The second-order valence-electron chi connectivity index (χ2n) is 5.20. The quantitative estimate of drug-likeness (QED) is 0.816. The molecule has 2 heterocycles. The van der Waals surface area contributed by atoms with Crippen LogP contribution in [0.25, 0.3) is 0 Å². The summed E-state index contributed by atoms with van der Waals surface area (Å²) in [6.07, 6.45) is 1.02. The zero-order chi connectivity index (χ0) is 13.7. The molecule has 5 nitrogen and oxygen atoms in total. The fourth-order valence-corrected chi connectivity index (χ4v) is 2.67. The van der Waals surface area contributed by atoms with E-state index in [2.05, 4.69) is 39.5 Å². The van der Waals surface area contributed by atoms with Gasteiger partial charge < -0.3 is 5.73 Å². The van der Waals surface area contributed by atoms with E-state index in [4.69, 9.17) is 5.73 Å². The van der Waals surface area contributed by atoms with Crippen molar-refractivity contribution in [3.05, 3.63) is 17.5 Å². The van der Waals surface area contributed by atoms with E-state index in [0.717, 1.165) is 58.8 Å². The lowest BCUT2D eigenvalue weighted by molar-refractivity contribution is 0.127. The minimum absolute atomic E-state index is 0.766. The third kappa shape index (κ3) is 3.78. The highest BCUT2D eigenvalue weighted by molar-refractivity contribution is 5.10. The van der Waals surface area contributed by atoms with Crippen LogP contribution in [0.4, 0.5) is 0 Å². The van der Waals surface area contributed by atoms with E-state index in [1.165, 1.54) is 11.4 Å². The molecule has 0 atom stereocenters. The number of piperazine rings is 1. The maximum absolute atomic E-state index is 5.61. The van der Waals surface area contributed by atoms with Gasteiger partial charge in [0.15, 0.2) is 0 Å². The summed E-state index contributed by atoms with van der Waals surface area (Å²) in [6.45, 7) is 12.7. The van der Waals surface area contributed by atoms with E-state index in [0.29, 0.717) is 0 Å². The average molecular weight is 265 g/mol. The van der Waals surface area contributed by atoms with Crippen LogP contribution in [0.2, 0.25) is 0 Å². The Morgan fingerprint density at radius 1 is 1.16 bits per heavy atom. The Balaban J connectivity index is 1.89. The highest BCUT2D eigenvalue weighted by Crippen LogP contribution is 2.11. The molecule has 108 valence electrons. The van der Waals surface area contributed by atoms with Crippen LogP contribution in [0, 0.1) is 0 Å². The van der Waals surface area contributed by atoms with Gasteiger partial charge >= 0.3 is 0 Å². The standard InChI is InChI=1S/C14H27N5/c1-3-13-11-14(19(4-2)16-13)12-18-9-7-17(6-5-15)8-10-18/h11H,3-10,12,15H2,1-2H3. The SMILES string of the molecule is CCc1cc(CN2CCN(CCN)CC2)n(CC)n1. The van der Waals surface area contributed by atoms with E-state index >= 15 is 0 Å². The van der Waals surface area contributed by atoms with Crippen LogP contribution in [-0.4, -0.2) is 58.8 Å². The van der Waals surface area contributed by atoms with Crippen LogP contribution in [0.15, 0.2) is 6.07 Å². The molecule has 0 aromatic carbocycles. The van der Waals surface area contributed by atoms with Gasteiger partial charge in [-0.1, -0.05) is 6.92 Å². The Morgan fingerprint density at radius 2 is 1.84 bits per heavy atom. The Labute approximate surface area is 116 Å². The van der Waals surface area contributed by atoms with Gasteiger partial charge in [0.05, 0.1) is 11.4 Å². The van der Waals surface area contributed by atoms with Crippen molar-refractivity contribution >= 4 is 0 Å². The molecule has 19 heavy (non-hydrogen) atoms. The molecule has 1 aromatic rings. The first-order chi connectivity index (χ1) is 9.26. The number of nitrogens with zero attached hydrogens (tertiary/aromatic N) is 4. The highest BCUT2D eigenvalue weighted by atomic mass is 15.3. The van der Waals surface area contributed by atoms with Gasteiger partial charge in [0, 0.05) is 52.4 Å². The Kier molecular flexibility index (Phi) is 5.36. The number of hydrogen-bond donors (Lipinski definition) is 1. The average Bonchev–Trinajstić information content (AvgIpc) is 2.83. The van der Waals surface area contributed by atoms with Crippen LogP contribution >= 0.6 is 0 Å². The smallest absolute Gasteiger partial charge is 0.0625 e. The molecule has 0 spiro atoms. The molecule has 0 amide bonds. The van der Waals surface area contributed by atoms with Gasteiger partial charge in [-0.05, 0) is 19.4 Å². The van der Waals surface area contributed by atoms with Crippen molar-refractivity contribution in [2.45, 2.75) is 33.4 Å². The molecule has 0 unspecified atom stereocenters. The Morgan fingerprint density at radius 3 is 2.42 bits per heavy atom. The summed E-state index contributed by atoms with van der Waals surface area (Å²) >= 11 is 0. The van der Waals surface area contributed by atoms with E-state index in [1.54, 1.807) is 0 Å². The van der Waals surface area contributed by atoms with Crippen molar-refractivity contribution in [1.29, 1.82) is 0 Å². The largest absolute Gasteiger partial charge is 0.329 e. The van der Waals surface area contributed by atoms with Crippen LogP contribution in [-0.2, 0) is 19.5 Å². The van der Waals surface area contributed by atoms with Gasteiger partial charge in [0.2, 0.25) is 0 Å². The van der Waals surface area contributed by atoms with Crippen molar-refractivity contribution in [3.63, 3.8) is 0 Å². The second-order valence-corrected chi connectivity index (χ2v) is 5.20. The molecule has 1 saturated heterocycles. The predicted octanol–water partition coefficient (Wildman–Crippen LogP) is 0.542. The molecular formula is C14H27N5. The predicted molar refractivity (Wildman–Crippen MR) is 78.1 cm³/mol. The van der Waals surface area contributed by atoms with Crippen molar-refractivity contribution in [3.8, 4) is 0 Å². The zero-order valence-corrected chi connectivity index (χ0v) is 12.3. The summed E-state index contributed by atoms with van der Waals surface area (Å²) < 4.78 is 2.14. The van der Waals surface area contributed by atoms with E-state index in [-0.39, 0.29) is 0 Å². The van der Waals surface area contributed by atoms with Gasteiger partial charge in [-0.2, -0.15) is 5.10 Å². The van der Waals surface area contributed by atoms with Gasteiger partial charge in [-0.3, -0.25) is 14.5 Å².